The Morgan fingerprint density at radius 1 is 1.07 bits per heavy atom. The Balaban J connectivity index is 0.00000441. The van der Waals surface area contributed by atoms with Crippen LogP contribution in [-0.2, 0) is 22.7 Å². The van der Waals surface area contributed by atoms with Crippen LogP contribution < -0.4 is 5.32 Å². The summed E-state index contributed by atoms with van der Waals surface area (Å²) in [5.41, 5.74) is 5.01. The van der Waals surface area contributed by atoms with Gasteiger partial charge in [0, 0.05) is 22.3 Å². The number of aryl methyl sites for hydroxylation is 1. The van der Waals surface area contributed by atoms with Gasteiger partial charge in [-0.25, -0.2) is 9.78 Å². The molecule has 0 aliphatic heterocycles. The van der Waals surface area contributed by atoms with Gasteiger partial charge in [0.25, 0.3) is 5.91 Å². The zero-order chi connectivity index (χ0) is 27.8. The van der Waals surface area contributed by atoms with Crippen LogP contribution in [0.2, 0.25) is 5.02 Å². The zero-order valence-corrected chi connectivity index (χ0v) is 24.0. The van der Waals surface area contributed by atoms with Crippen LogP contribution >= 0.6 is 34.7 Å². The number of amides is 1. The zero-order valence-electron chi connectivity index (χ0n) is 21.6. The fraction of sp³-hybridized carbons (Fsp3) is 0.233. The number of carboxylic acids is 1. The van der Waals surface area contributed by atoms with Gasteiger partial charge in [-0.05, 0) is 71.9 Å². The number of ether oxygens (including phenoxy) is 1. The monoisotopic (exact) mass is 588 g/mol. The molecule has 0 saturated heterocycles. The third-order valence-electron chi connectivity index (χ3n) is 6.14. The Morgan fingerprint density at radius 2 is 1.82 bits per heavy atom. The van der Waals surface area contributed by atoms with Gasteiger partial charge in [-0.2, -0.15) is 11.8 Å². The molecule has 1 atom stereocenters. The molecule has 0 unspecified atom stereocenters. The number of thiazole rings is 1. The van der Waals surface area contributed by atoms with E-state index in [1.807, 2.05) is 80.0 Å². The molecular formula is C30H30ClLiN2O4S2. The van der Waals surface area contributed by atoms with E-state index in [-0.39, 0.29) is 18.9 Å². The van der Waals surface area contributed by atoms with Crippen molar-refractivity contribution in [2.45, 2.75) is 32.6 Å². The van der Waals surface area contributed by atoms with Gasteiger partial charge < -0.3 is 15.2 Å². The maximum atomic E-state index is 13.3. The summed E-state index contributed by atoms with van der Waals surface area (Å²) in [5.74, 6) is -0.810. The molecule has 1 amide bonds. The molecule has 1 heterocycles. The molecule has 204 valence electrons. The molecule has 4 aromatic rings. The third kappa shape index (κ3) is 8.47. The molecule has 40 heavy (non-hydrogen) atoms. The van der Waals surface area contributed by atoms with Gasteiger partial charge in [0.05, 0.1) is 18.1 Å². The number of aromatic nitrogens is 1. The van der Waals surface area contributed by atoms with Crippen molar-refractivity contribution in [2.75, 3.05) is 12.0 Å². The first-order valence-electron chi connectivity index (χ1n) is 12.4. The number of carbonyl (C=O) groups is 2. The molecule has 10 heteroatoms. The molecule has 0 fully saturated rings. The fourth-order valence-corrected chi connectivity index (χ4v) is 5.53. The van der Waals surface area contributed by atoms with Crippen LogP contribution in [0.4, 0.5) is 0 Å². The number of thioether (sulfide) groups is 1. The van der Waals surface area contributed by atoms with E-state index >= 15 is 0 Å². The second kappa shape index (κ2) is 15.4. The van der Waals surface area contributed by atoms with E-state index in [0.717, 1.165) is 37.7 Å². The van der Waals surface area contributed by atoms with E-state index in [1.165, 1.54) is 0 Å². The van der Waals surface area contributed by atoms with Crippen LogP contribution in [0.1, 0.15) is 32.8 Å². The van der Waals surface area contributed by atoms with E-state index in [9.17, 15) is 14.7 Å². The first kappa shape index (κ1) is 31.9. The average molecular weight is 589 g/mol. The fourth-order valence-electron chi connectivity index (χ4n) is 4.08. The number of hydrogen-bond acceptors (Lipinski definition) is 6. The minimum atomic E-state index is -1.04. The Hall–Kier alpha value is -2.57. The van der Waals surface area contributed by atoms with E-state index in [4.69, 9.17) is 16.3 Å². The Bertz CT molecular complexity index is 1450. The van der Waals surface area contributed by atoms with Crippen LogP contribution in [0.15, 0.2) is 72.9 Å². The van der Waals surface area contributed by atoms with Crippen molar-refractivity contribution < 1.29 is 19.4 Å². The van der Waals surface area contributed by atoms with E-state index in [2.05, 4.69) is 10.3 Å². The van der Waals surface area contributed by atoms with Crippen molar-refractivity contribution in [1.29, 1.82) is 0 Å². The van der Waals surface area contributed by atoms with Crippen molar-refractivity contribution in [3.63, 3.8) is 0 Å². The average Bonchev–Trinajstić information content (AvgIpc) is 3.40. The number of hydrogen-bond donors (Lipinski definition) is 2. The van der Waals surface area contributed by atoms with Gasteiger partial charge in [-0.15, -0.1) is 11.3 Å². The molecule has 2 N–H and O–H groups in total. The van der Waals surface area contributed by atoms with Gasteiger partial charge in [-0.1, -0.05) is 54.1 Å². The van der Waals surface area contributed by atoms with Crippen LogP contribution in [-0.4, -0.2) is 58.9 Å². The molecular weight excluding hydrogens is 559 g/mol. The number of nitrogens with one attached hydrogen (secondary N) is 1. The second-order valence-corrected chi connectivity index (χ2v) is 11.5. The molecule has 0 aliphatic carbocycles. The quantitative estimate of drug-likeness (QED) is 0.185. The molecule has 0 radical (unpaired) electrons. The van der Waals surface area contributed by atoms with E-state index < -0.39 is 17.9 Å². The van der Waals surface area contributed by atoms with Crippen LogP contribution in [0, 0.1) is 6.92 Å². The summed E-state index contributed by atoms with van der Waals surface area (Å²) in [6, 6.07) is 20.0. The Morgan fingerprint density at radius 3 is 2.52 bits per heavy atom. The SMILES string of the molecule is CSCC[C@H](NC(=O)c1ccc(COCc2cnc(-c3ccc(Cl)cc3)s2)cc1-c1ccccc1C)C(=O)O.[LiH]. The second-order valence-electron chi connectivity index (χ2n) is 8.97. The summed E-state index contributed by atoms with van der Waals surface area (Å²) in [5, 5.41) is 13.9. The van der Waals surface area contributed by atoms with Gasteiger partial charge in [0.1, 0.15) is 11.0 Å². The molecule has 1 aromatic heterocycles. The first-order valence-corrected chi connectivity index (χ1v) is 14.9. The summed E-state index contributed by atoms with van der Waals surface area (Å²) in [6.07, 6.45) is 4.08. The molecule has 0 saturated carbocycles. The predicted octanol–water partition coefficient (Wildman–Crippen LogP) is 6.44. The molecule has 0 bridgehead atoms. The van der Waals surface area contributed by atoms with Gasteiger partial charge in [0.2, 0.25) is 0 Å². The number of aliphatic carboxylic acids is 1. The van der Waals surface area contributed by atoms with Gasteiger partial charge in [0.15, 0.2) is 0 Å². The topological polar surface area (TPSA) is 88.5 Å². The summed E-state index contributed by atoms with van der Waals surface area (Å²) in [6.45, 7) is 2.74. The van der Waals surface area contributed by atoms with Crippen LogP contribution in [0.5, 0.6) is 0 Å². The normalized spacial score (nSPS) is 11.5. The summed E-state index contributed by atoms with van der Waals surface area (Å²) < 4.78 is 6.00. The molecule has 4 rings (SSSR count). The van der Waals surface area contributed by atoms with Crippen LogP contribution in [0.3, 0.4) is 0 Å². The van der Waals surface area contributed by atoms with Gasteiger partial charge in [-0.3, -0.25) is 4.79 Å². The van der Waals surface area contributed by atoms with Crippen molar-refractivity contribution in [3.05, 3.63) is 99.5 Å². The number of benzene rings is 3. The maximum absolute atomic E-state index is 13.3. The first-order chi connectivity index (χ1) is 18.9. The summed E-state index contributed by atoms with van der Waals surface area (Å²) in [7, 11) is 0. The Labute approximate surface area is 259 Å². The Kier molecular flexibility index (Phi) is 12.3. The van der Waals surface area contributed by atoms with Crippen LogP contribution in [0.25, 0.3) is 21.7 Å². The molecule has 0 aliphatic rings. The van der Waals surface area contributed by atoms with Crippen molar-refractivity contribution in [3.8, 4) is 21.7 Å². The summed E-state index contributed by atoms with van der Waals surface area (Å²) in [4.78, 5) is 30.5. The third-order valence-corrected chi connectivity index (χ3v) is 8.05. The minimum absolute atomic E-state index is 0. The number of carbonyl (C=O) groups excluding carboxylic acids is 1. The van der Waals surface area contributed by atoms with Crippen molar-refractivity contribution in [2.24, 2.45) is 0 Å². The number of carboxylic acid groups (broad SMARTS) is 1. The number of nitrogens with zero attached hydrogens (tertiary/aromatic N) is 1. The molecule has 3 aromatic carbocycles. The van der Waals surface area contributed by atoms with Crippen molar-refractivity contribution in [1.82, 2.24) is 10.3 Å². The standard InChI is InChI=1S/C30H29ClN2O4S2.Li.H/c1-19-5-3-4-6-24(19)26-15-20(7-12-25(26)28(34)33-27(30(35)36)13-14-38-2)17-37-18-23-16-32-29(39-23)21-8-10-22(31)11-9-21;;/h3-12,15-16,27H,13-14,17-18H2,1-2H3,(H,33,34)(H,35,36);;/t27-;;/m0../s1. The molecule has 6 nitrogen and oxygen atoms in total. The van der Waals surface area contributed by atoms with Gasteiger partial charge >= 0.3 is 24.8 Å². The van der Waals surface area contributed by atoms with Crippen molar-refractivity contribution >= 4 is 65.4 Å². The number of rotatable bonds is 12. The summed E-state index contributed by atoms with van der Waals surface area (Å²) >= 11 is 9.10. The molecule has 0 spiro atoms. The predicted molar refractivity (Wildman–Crippen MR) is 167 cm³/mol. The number of halogens is 1. The van der Waals surface area contributed by atoms with E-state index in [0.29, 0.717) is 36.0 Å². The van der Waals surface area contributed by atoms with E-state index in [1.54, 1.807) is 29.2 Å².